The molecule has 0 spiro atoms. The first-order valence-corrected chi connectivity index (χ1v) is 11.7. The van der Waals surface area contributed by atoms with E-state index in [4.69, 9.17) is 14.2 Å². The molecule has 10 heteroatoms. The van der Waals surface area contributed by atoms with E-state index in [9.17, 15) is 13.2 Å². The van der Waals surface area contributed by atoms with Crippen molar-refractivity contribution in [3.63, 3.8) is 0 Å². The van der Waals surface area contributed by atoms with Gasteiger partial charge in [0.2, 0.25) is 15.9 Å². The average Bonchev–Trinajstić information content (AvgIpc) is 2.73. The summed E-state index contributed by atoms with van der Waals surface area (Å²) in [5.41, 5.74) is 0.479. The molecule has 1 unspecified atom stereocenters. The van der Waals surface area contributed by atoms with Gasteiger partial charge in [0.1, 0.15) is 5.75 Å². The third-order valence-electron chi connectivity index (χ3n) is 4.95. The first-order chi connectivity index (χ1) is 14.3. The number of carbonyl (C=O) groups excluding carboxylic acids is 1. The fourth-order valence-electron chi connectivity index (χ4n) is 3.43. The number of morpholine rings is 2. The lowest BCUT2D eigenvalue weighted by Crippen LogP contribution is -2.46. The van der Waals surface area contributed by atoms with Crippen molar-refractivity contribution in [2.45, 2.75) is 37.9 Å². The van der Waals surface area contributed by atoms with Crippen molar-refractivity contribution in [1.82, 2.24) is 9.21 Å². The highest BCUT2D eigenvalue weighted by atomic mass is 32.2. The molecule has 0 saturated carbocycles. The van der Waals surface area contributed by atoms with Crippen LogP contribution in [0.2, 0.25) is 0 Å². The van der Waals surface area contributed by atoms with Crippen LogP contribution in [-0.2, 0) is 24.3 Å². The predicted molar refractivity (Wildman–Crippen MR) is 112 cm³/mol. The average molecular weight is 442 g/mol. The summed E-state index contributed by atoms with van der Waals surface area (Å²) in [6.07, 6.45) is -0.0902. The Kier molecular flexibility index (Phi) is 7.56. The molecule has 0 radical (unpaired) electrons. The summed E-state index contributed by atoms with van der Waals surface area (Å²) >= 11 is 0. The number of nitrogens with zero attached hydrogens (tertiary/aromatic N) is 2. The number of benzene rings is 1. The van der Waals surface area contributed by atoms with E-state index in [-0.39, 0.29) is 29.6 Å². The normalized spacial score (nSPS) is 20.9. The maximum absolute atomic E-state index is 13.0. The third-order valence-corrected chi connectivity index (χ3v) is 6.84. The first-order valence-electron chi connectivity index (χ1n) is 10.3. The molecule has 2 aliphatic rings. The van der Waals surface area contributed by atoms with Crippen LogP contribution in [0.1, 0.15) is 20.8 Å². The molecule has 1 amide bonds. The summed E-state index contributed by atoms with van der Waals surface area (Å²) in [6, 6.07) is 4.72. The summed E-state index contributed by atoms with van der Waals surface area (Å²) in [5.74, 6) is 0.441. The maximum Gasteiger partial charge on any atom is 0.243 e. The van der Waals surface area contributed by atoms with Gasteiger partial charge in [-0.3, -0.25) is 4.79 Å². The van der Waals surface area contributed by atoms with E-state index in [1.165, 1.54) is 10.4 Å². The zero-order chi connectivity index (χ0) is 21.7. The van der Waals surface area contributed by atoms with Crippen LogP contribution in [-0.4, -0.2) is 88.3 Å². The highest BCUT2D eigenvalue weighted by Gasteiger charge is 2.27. The molecule has 2 fully saturated rings. The first kappa shape index (κ1) is 22.8. The van der Waals surface area contributed by atoms with Gasteiger partial charge in [0, 0.05) is 26.2 Å². The van der Waals surface area contributed by atoms with Crippen molar-refractivity contribution in [1.29, 1.82) is 0 Å². The number of hydrogen-bond acceptors (Lipinski definition) is 7. The van der Waals surface area contributed by atoms with Crippen molar-refractivity contribution < 1.29 is 27.4 Å². The van der Waals surface area contributed by atoms with Crippen LogP contribution in [0.25, 0.3) is 0 Å². The summed E-state index contributed by atoms with van der Waals surface area (Å²) in [7, 11) is -3.65. The molecule has 1 atom stereocenters. The molecule has 2 aliphatic heterocycles. The molecule has 2 saturated heterocycles. The van der Waals surface area contributed by atoms with Crippen LogP contribution in [0.15, 0.2) is 23.1 Å². The van der Waals surface area contributed by atoms with Gasteiger partial charge in [0.05, 0.1) is 49.2 Å². The lowest BCUT2D eigenvalue weighted by atomic mass is 10.2. The van der Waals surface area contributed by atoms with Crippen molar-refractivity contribution in [3.05, 3.63) is 18.2 Å². The molecule has 1 aromatic carbocycles. The Hall–Kier alpha value is -1.88. The van der Waals surface area contributed by atoms with Gasteiger partial charge in [-0.1, -0.05) is 0 Å². The maximum atomic E-state index is 13.0. The quantitative estimate of drug-likeness (QED) is 0.678. The van der Waals surface area contributed by atoms with Gasteiger partial charge in [-0.15, -0.1) is 0 Å². The highest BCUT2D eigenvalue weighted by Crippen LogP contribution is 2.30. The summed E-state index contributed by atoms with van der Waals surface area (Å²) < 4.78 is 44.0. The second-order valence-corrected chi connectivity index (χ2v) is 9.65. The Balaban J connectivity index is 1.78. The Bertz CT molecular complexity index is 839. The van der Waals surface area contributed by atoms with Crippen LogP contribution >= 0.6 is 0 Å². The van der Waals surface area contributed by atoms with E-state index >= 15 is 0 Å². The van der Waals surface area contributed by atoms with Crippen LogP contribution in [0.4, 0.5) is 5.69 Å². The highest BCUT2D eigenvalue weighted by molar-refractivity contribution is 7.89. The van der Waals surface area contributed by atoms with Crippen LogP contribution in [0.5, 0.6) is 5.75 Å². The number of ether oxygens (including phenoxy) is 3. The third kappa shape index (κ3) is 5.63. The van der Waals surface area contributed by atoms with E-state index in [2.05, 4.69) is 5.32 Å². The molecule has 3 rings (SSSR count). The zero-order valence-corrected chi connectivity index (χ0v) is 18.6. The minimum Gasteiger partial charge on any atom is -0.489 e. The van der Waals surface area contributed by atoms with Crippen molar-refractivity contribution in [2.24, 2.45) is 0 Å². The number of rotatable bonds is 7. The van der Waals surface area contributed by atoms with Crippen LogP contribution in [0, 0.1) is 0 Å². The molecule has 168 valence electrons. The Morgan fingerprint density at radius 1 is 1.23 bits per heavy atom. The van der Waals surface area contributed by atoms with E-state index in [1.807, 2.05) is 20.8 Å². The molecule has 1 N–H and O–H groups in total. The van der Waals surface area contributed by atoms with Gasteiger partial charge in [-0.2, -0.15) is 4.31 Å². The Morgan fingerprint density at radius 3 is 2.63 bits per heavy atom. The van der Waals surface area contributed by atoms with Crippen molar-refractivity contribution in [3.8, 4) is 5.75 Å². The topological polar surface area (TPSA) is 97.4 Å². The summed E-state index contributed by atoms with van der Waals surface area (Å²) in [5, 5.41) is 3.08. The monoisotopic (exact) mass is 441 g/mol. The van der Waals surface area contributed by atoms with Gasteiger partial charge < -0.3 is 24.4 Å². The van der Waals surface area contributed by atoms with Gasteiger partial charge in [0.15, 0.2) is 0 Å². The molecule has 9 nitrogen and oxygen atoms in total. The standard InChI is InChI=1S/C20H31N3O6S/c1-15(2)29-19-5-4-17(30(25,26)23-7-9-27-10-8-23)12-18(19)21-13-20(24)22-6-11-28-16(3)14-22/h4-5,12,15-16,21H,6-11,13-14H2,1-3H3. The molecule has 0 aromatic heterocycles. The number of anilines is 1. The SMILES string of the molecule is CC(C)Oc1ccc(S(=O)(=O)N2CCOCC2)cc1NCC(=O)N1CCOC(C)C1. The van der Waals surface area contributed by atoms with Gasteiger partial charge in [-0.05, 0) is 39.0 Å². The van der Waals surface area contributed by atoms with Crippen molar-refractivity contribution in [2.75, 3.05) is 57.9 Å². The number of sulfonamides is 1. The Morgan fingerprint density at radius 2 is 1.97 bits per heavy atom. The molecular weight excluding hydrogens is 410 g/mol. The van der Waals surface area contributed by atoms with E-state index in [0.29, 0.717) is 57.4 Å². The smallest absolute Gasteiger partial charge is 0.243 e. The zero-order valence-electron chi connectivity index (χ0n) is 17.8. The number of carbonyl (C=O) groups is 1. The lowest BCUT2D eigenvalue weighted by Gasteiger charge is -2.31. The van der Waals surface area contributed by atoms with Crippen LogP contribution < -0.4 is 10.1 Å². The van der Waals surface area contributed by atoms with Gasteiger partial charge >= 0.3 is 0 Å². The van der Waals surface area contributed by atoms with Crippen LogP contribution in [0.3, 0.4) is 0 Å². The van der Waals surface area contributed by atoms with Gasteiger partial charge in [-0.25, -0.2) is 8.42 Å². The number of nitrogens with one attached hydrogen (secondary N) is 1. The minimum absolute atomic E-state index is 0.00419. The van der Waals surface area contributed by atoms with Gasteiger partial charge in [0.25, 0.3) is 0 Å². The second-order valence-electron chi connectivity index (χ2n) is 7.72. The summed E-state index contributed by atoms with van der Waals surface area (Å²) in [6.45, 7) is 8.77. The molecule has 1 aromatic rings. The minimum atomic E-state index is -3.65. The molecule has 30 heavy (non-hydrogen) atoms. The molecular formula is C20H31N3O6S. The van der Waals surface area contributed by atoms with E-state index in [0.717, 1.165) is 0 Å². The number of hydrogen-bond donors (Lipinski definition) is 1. The summed E-state index contributed by atoms with van der Waals surface area (Å²) in [4.78, 5) is 14.5. The fourth-order valence-corrected chi connectivity index (χ4v) is 4.86. The van der Waals surface area contributed by atoms with Crippen molar-refractivity contribution >= 4 is 21.6 Å². The van der Waals surface area contributed by atoms with E-state index < -0.39 is 10.0 Å². The Labute approximate surface area is 178 Å². The molecule has 0 bridgehead atoms. The van der Waals surface area contributed by atoms with E-state index in [1.54, 1.807) is 17.0 Å². The largest absolute Gasteiger partial charge is 0.489 e. The second kappa shape index (κ2) is 9.95. The molecule has 0 aliphatic carbocycles. The fraction of sp³-hybridized carbons (Fsp3) is 0.650. The lowest BCUT2D eigenvalue weighted by molar-refractivity contribution is -0.136. The predicted octanol–water partition coefficient (Wildman–Crippen LogP) is 1.15. The number of amides is 1. The molecule has 2 heterocycles.